The summed E-state index contributed by atoms with van der Waals surface area (Å²) >= 11 is 1.59. The first-order valence-electron chi connectivity index (χ1n) is 5.66. The van der Waals surface area contributed by atoms with Gasteiger partial charge in [0.2, 0.25) is 0 Å². The molecule has 0 amide bonds. The molecule has 0 N–H and O–H groups in total. The van der Waals surface area contributed by atoms with Gasteiger partial charge in [0.25, 0.3) is 0 Å². The number of carbonyl (C=O) groups excluding carboxylic acids is 1. The van der Waals surface area contributed by atoms with Crippen LogP contribution in [0.1, 0.15) is 36.4 Å². The van der Waals surface area contributed by atoms with E-state index in [1.54, 1.807) is 18.4 Å². The molecule has 1 saturated carbocycles. The minimum atomic E-state index is -0.516. The lowest BCUT2D eigenvalue weighted by Crippen LogP contribution is -2.38. The number of rotatable bonds is 4. The van der Waals surface area contributed by atoms with Gasteiger partial charge in [-0.15, -0.1) is 11.3 Å². The highest BCUT2D eigenvalue weighted by atomic mass is 32.1. The van der Waals surface area contributed by atoms with Gasteiger partial charge in [0.05, 0.1) is 17.1 Å². The number of methoxy groups -OCH3 is 1. The lowest BCUT2D eigenvalue weighted by molar-refractivity contribution is -0.139. The molecule has 0 saturated heterocycles. The van der Waals surface area contributed by atoms with Crippen molar-refractivity contribution in [3.05, 3.63) is 16.1 Å². The molecule has 0 aromatic carbocycles. The SMILES string of the molecule is COC1(C(=O)Cc2csc(C)n2)CCCC1. The second kappa shape index (κ2) is 4.63. The normalized spacial score (nSPS) is 18.9. The van der Waals surface area contributed by atoms with Crippen LogP contribution in [0, 0.1) is 6.92 Å². The number of hydrogen-bond donors (Lipinski definition) is 0. The summed E-state index contributed by atoms with van der Waals surface area (Å²) in [6.45, 7) is 1.96. The van der Waals surface area contributed by atoms with E-state index < -0.39 is 5.60 Å². The fraction of sp³-hybridized carbons (Fsp3) is 0.667. The second-order valence-corrected chi connectivity index (χ2v) is 5.43. The number of aromatic nitrogens is 1. The van der Waals surface area contributed by atoms with Gasteiger partial charge in [0, 0.05) is 12.5 Å². The molecule has 1 aliphatic carbocycles. The molecular weight excluding hydrogens is 222 g/mol. The Morgan fingerprint density at radius 1 is 1.56 bits per heavy atom. The van der Waals surface area contributed by atoms with Crippen LogP contribution in [0.3, 0.4) is 0 Å². The molecule has 1 fully saturated rings. The van der Waals surface area contributed by atoms with E-state index >= 15 is 0 Å². The van der Waals surface area contributed by atoms with Crippen molar-refractivity contribution in [1.29, 1.82) is 0 Å². The first kappa shape index (κ1) is 11.7. The van der Waals surface area contributed by atoms with Crippen LogP contribution < -0.4 is 0 Å². The average Bonchev–Trinajstić information content (AvgIpc) is 2.88. The van der Waals surface area contributed by atoms with Crippen molar-refractivity contribution in [2.75, 3.05) is 7.11 Å². The lowest BCUT2D eigenvalue weighted by atomic mass is 9.93. The van der Waals surface area contributed by atoms with Crippen molar-refractivity contribution in [3.63, 3.8) is 0 Å². The number of nitrogens with zero attached hydrogens (tertiary/aromatic N) is 1. The van der Waals surface area contributed by atoms with Crippen LogP contribution in [-0.4, -0.2) is 23.5 Å². The molecule has 0 unspecified atom stereocenters. The maximum absolute atomic E-state index is 12.2. The summed E-state index contributed by atoms with van der Waals surface area (Å²) in [4.78, 5) is 16.5. The lowest BCUT2D eigenvalue weighted by Gasteiger charge is -2.25. The molecule has 3 nitrogen and oxygen atoms in total. The van der Waals surface area contributed by atoms with E-state index in [0.717, 1.165) is 36.4 Å². The van der Waals surface area contributed by atoms with Crippen LogP contribution in [0.15, 0.2) is 5.38 Å². The van der Waals surface area contributed by atoms with Gasteiger partial charge >= 0.3 is 0 Å². The Morgan fingerprint density at radius 2 is 2.25 bits per heavy atom. The van der Waals surface area contributed by atoms with Crippen LogP contribution >= 0.6 is 11.3 Å². The standard InChI is InChI=1S/C12H17NO2S/c1-9-13-10(8-16-9)7-11(14)12(15-2)5-3-4-6-12/h8H,3-7H2,1-2H3. The van der Waals surface area contributed by atoms with Gasteiger partial charge in [0.15, 0.2) is 5.78 Å². The van der Waals surface area contributed by atoms with E-state index in [9.17, 15) is 4.79 Å². The van der Waals surface area contributed by atoms with E-state index in [1.807, 2.05) is 12.3 Å². The minimum absolute atomic E-state index is 0.192. The Balaban J connectivity index is 2.07. The maximum atomic E-state index is 12.2. The van der Waals surface area contributed by atoms with Crippen LogP contribution in [0.2, 0.25) is 0 Å². The number of carbonyl (C=O) groups is 1. The highest BCUT2D eigenvalue weighted by molar-refractivity contribution is 7.09. The highest BCUT2D eigenvalue weighted by Crippen LogP contribution is 2.34. The highest BCUT2D eigenvalue weighted by Gasteiger charge is 2.40. The monoisotopic (exact) mass is 239 g/mol. The zero-order valence-electron chi connectivity index (χ0n) is 9.78. The molecule has 1 aliphatic rings. The summed E-state index contributed by atoms with van der Waals surface area (Å²) in [6, 6.07) is 0. The Bertz CT molecular complexity index is 380. The van der Waals surface area contributed by atoms with Gasteiger partial charge in [0.1, 0.15) is 5.60 Å². The van der Waals surface area contributed by atoms with E-state index in [1.165, 1.54) is 0 Å². The number of ketones is 1. The van der Waals surface area contributed by atoms with E-state index in [4.69, 9.17) is 4.74 Å². The van der Waals surface area contributed by atoms with Gasteiger partial charge in [-0.1, -0.05) is 0 Å². The molecule has 1 heterocycles. The zero-order chi connectivity index (χ0) is 11.6. The molecule has 0 radical (unpaired) electrons. The number of hydrogen-bond acceptors (Lipinski definition) is 4. The molecule has 1 aromatic heterocycles. The molecule has 4 heteroatoms. The summed E-state index contributed by atoms with van der Waals surface area (Å²) in [5, 5.41) is 2.98. The summed E-state index contributed by atoms with van der Waals surface area (Å²) in [5.41, 5.74) is 0.369. The predicted molar refractivity (Wildman–Crippen MR) is 63.8 cm³/mol. The van der Waals surface area contributed by atoms with Gasteiger partial charge in [-0.2, -0.15) is 0 Å². The Hall–Kier alpha value is -0.740. The van der Waals surface area contributed by atoms with Gasteiger partial charge in [-0.3, -0.25) is 4.79 Å². The number of thiazole rings is 1. The second-order valence-electron chi connectivity index (χ2n) is 4.36. The van der Waals surface area contributed by atoms with Crippen LogP contribution in [0.4, 0.5) is 0 Å². The van der Waals surface area contributed by atoms with Crippen molar-refractivity contribution in [3.8, 4) is 0 Å². The van der Waals surface area contributed by atoms with Crippen LogP contribution in [0.5, 0.6) is 0 Å². The van der Waals surface area contributed by atoms with E-state index in [-0.39, 0.29) is 5.78 Å². The number of aryl methyl sites for hydroxylation is 1. The van der Waals surface area contributed by atoms with Gasteiger partial charge < -0.3 is 4.74 Å². The van der Waals surface area contributed by atoms with E-state index in [0.29, 0.717) is 6.42 Å². The summed E-state index contributed by atoms with van der Waals surface area (Å²) in [7, 11) is 1.65. The summed E-state index contributed by atoms with van der Waals surface area (Å²) in [5.74, 6) is 0.192. The molecule has 0 bridgehead atoms. The molecular formula is C12H17NO2S. The first-order valence-corrected chi connectivity index (χ1v) is 6.54. The molecule has 0 atom stereocenters. The first-order chi connectivity index (χ1) is 7.66. The Labute approximate surface area is 99.8 Å². The minimum Gasteiger partial charge on any atom is -0.370 e. The third-order valence-electron chi connectivity index (χ3n) is 3.32. The van der Waals surface area contributed by atoms with Crippen molar-refractivity contribution < 1.29 is 9.53 Å². The summed E-state index contributed by atoms with van der Waals surface area (Å²) < 4.78 is 5.47. The average molecular weight is 239 g/mol. The molecule has 1 aromatic rings. The summed E-state index contributed by atoms with van der Waals surface area (Å²) in [6.07, 6.45) is 4.33. The molecule has 16 heavy (non-hydrogen) atoms. The fourth-order valence-electron chi connectivity index (χ4n) is 2.36. The quantitative estimate of drug-likeness (QED) is 0.810. The predicted octanol–water partition coefficient (Wildman–Crippen LogP) is 2.52. The third kappa shape index (κ3) is 2.18. The molecule has 0 spiro atoms. The number of Topliss-reactive ketones (excluding diaryl/α,β-unsaturated/α-hetero) is 1. The largest absolute Gasteiger partial charge is 0.370 e. The van der Waals surface area contributed by atoms with Crippen molar-refractivity contribution in [2.24, 2.45) is 0 Å². The Kier molecular flexibility index (Phi) is 3.40. The molecule has 2 rings (SSSR count). The van der Waals surface area contributed by atoms with Crippen molar-refractivity contribution in [1.82, 2.24) is 4.98 Å². The van der Waals surface area contributed by atoms with Crippen LogP contribution in [-0.2, 0) is 16.0 Å². The smallest absolute Gasteiger partial charge is 0.170 e. The Morgan fingerprint density at radius 3 is 2.75 bits per heavy atom. The van der Waals surface area contributed by atoms with Crippen molar-refractivity contribution >= 4 is 17.1 Å². The maximum Gasteiger partial charge on any atom is 0.170 e. The van der Waals surface area contributed by atoms with Gasteiger partial charge in [-0.05, 0) is 32.6 Å². The molecule has 88 valence electrons. The topological polar surface area (TPSA) is 39.2 Å². The van der Waals surface area contributed by atoms with E-state index in [2.05, 4.69) is 4.98 Å². The molecule has 0 aliphatic heterocycles. The number of ether oxygens (including phenoxy) is 1. The van der Waals surface area contributed by atoms with Gasteiger partial charge in [-0.25, -0.2) is 4.98 Å². The third-order valence-corrected chi connectivity index (χ3v) is 4.14. The zero-order valence-corrected chi connectivity index (χ0v) is 10.6. The van der Waals surface area contributed by atoms with Crippen molar-refractivity contribution in [2.45, 2.75) is 44.6 Å². The van der Waals surface area contributed by atoms with Crippen LogP contribution in [0.25, 0.3) is 0 Å². The fourth-order valence-corrected chi connectivity index (χ4v) is 2.97.